The minimum Gasteiger partial charge on any atom is -0.501 e. The molecule has 0 bridgehead atoms. The minimum atomic E-state index is -0.633. The normalized spacial score (nSPS) is 12.8. The van der Waals surface area contributed by atoms with Crippen LogP contribution >= 0.6 is 12.4 Å². The zero-order valence-electron chi connectivity index (χ0n) is 22.5. The second-order valence-electron chi connectivity index (χ2n) is 9.06. The van der Waals surface area contributed by atoms with E-state index in [-0.39, 0.29) is 37.0 Å². The van der Waals surface area contributed by atoms with E-state index in [1.807, 2.05) is 70.1 Å². The van der Waals surface area contributed by atoms with Gasteiger partial charge in [0.25, 0.3) is 0 Å². The number of aromatic amines is 1. The minimum absolute atomic E-state index is 0. The van der Waals surface area contributed by atoms with Gasteiger partial charge < -0.3 is 19.9 Å². The molecule has 38 heavy (non-hydrogen) atoms. The Labute approximate surface area is 229 Å². The van der Waals surface area contributed by atoms with E-state index in [0.29, 0.717) is 30.9 Å². The number of imidazole rings is 1. The van der Waals surface area contributed by atoms with Crippen LogP contribution in [0.5, 0.6) is 5.75 Å². The molecule has 2 amide bonds. The number of nitrogens with zero attached hydrogens (tertiary/aromatic N) is 6. The fraction of sp³-hybridized carbons (Fsp3) is 0.333. The molecule has 2 N–H and O–H groups in total. The number of fused-ring (bicyclic) bond motifs is 1. The van der Waals surface area contributed by atoms with E-state index in [1.165, 1.54) is 9.96 Å². The van der Waals surface area contributed by atoms with E-state index >= 15 is 0 Å². The van der Waals surface area contributed by atoms with Crippen molar-refractivity contribution in [3.8, 4) is 17.3 Å². The van der Waals surface area contributed by atoms with Crippen molar-refractivity contribution in [3.05, 3.63) is 69.9 Å². The molecule has 4 heterocycles. The maximum absolute atomic E-state index is 13.2. The fourth-order valence-electron chi connectivity index (χ4n) is 4.17. The molecule has 10 nitrogen and oxygen atoms in total. The molecule has 0 aliphatic carbocycles. The summed E-state index contributed by atoms with van der Waals surface area (Å²) in [5.74, 6) is -0.220. The Balaban J connectivity index is 0.00000130. The van der Waals surface area contributed by atoms with E-state index in [2.05, 4.69) is 15.0 Å². The Morgan fingerprint density at radius 3 is 2.42 bits per heavy atom. The number of H-pyrrole nitrogens is 1. The van der Waals surface area contributed by atoms with Gasteiger partial charge in [-0.15, -0.1) is 12.4 Å². The molecule has 0 spiro atoms. The van der Waals surface area contributed by atoms with E-state index in [4.69, 9.17) is 0 Å². The summed E-state index contributed by atoms with van der Waals surface area (Å²) in [6.45, 7) is 7.07. The number of hydrogen-bond acceptors (Lipinski definition) is 6. The van der Waals surface area contributed by atoms with Gasteiger partial charge in [-0.25, -0.2) is 14.8 Å². The summed E-state index contributed by atoms with van der Waals surface area (Å²) in [4.78, 5) is 43.3. The van der Waals surface area contributed by atoms with Crippen molar-refractivity contribution in [2.45, 2.75) is 27.2 Å². The number of carbonyl (C=O) groups excluding carboxylic acids is 1. The number of urea groups is 1. The van der Waals surface area contributed by atoms with E-state index in [1.54, 1.807) is 29.2 Å². The first-order chi connectivity index (χ1) is 17.7. The zero-order chi connectivity index (χ0) is 26.9. The maximum Gasteiger partial charge on any atom is 0.324 e. The lowest BCUT2D eigenvalue weighted by Gasteiger charge is -2.22. The Kier molecular flexibility index (Phi) is 8.67. The second kappa shape index (κ2) is 11.6. The molecule has 1 aromatic carbocycles. The van der Waals surface area contributed by atoms with E-state index in [9.17, 15) is 14.7 Å². The average molecular weight is 542 g/mol. The Morgan fingerprint density at radius 1 is 1.13 bits per heavy atom. The number of amides is 2. The first-order valence-corrected chi connectivity index (χ1v) is 12.3. The van der Waals surface area contributed by atoms with Crippen molar-refractivity contribution in [1.82, 2.24) is 24.3 Å². The number of aromatic nitrogens is 4. The molecule has 0 atom stereocenters. The van der Waals surface area contributed by atoms with Gasteiger partial charge in [0, 0.05) is 60.2 Å². The first-order valence-electron chi connectivity index (χ1n) is 12.3. The van der Waals surface area contributed by atoms with Crippen LogP contribution in [0.2, 0.25) is 0 Å². The van der Waals surface area contributed by atoms with Crippen molar-refractivity contribution in [3.63, 3.8) is 0 Å². The molecule has 4 aromatic rings. The number of hydrogen-bond donors (Lipinski definition) is 2. The molecule has 0 radical (unpaired) electrons. The molecule has 5 rings (SSSR count). The quantitative estimate of drug-likeness (QED) is 0.389. The van der Waals surface area contributed by atoms with Crippen molar-refractivity contribution in [2.75, 3.05) is 44.0 Å². The number of benzene rings is 1. The van der Waals surface area contributed by atoms with Crippen LogP contribution in [0.15, 0.2) is 47.5 Å². The number of nitrogens with one attached hydrogen (secondary N) is 1. The molecular formula is C27H36ClN7O3. The van der Waals surface area contributed by atoms with Crippen LogP contribution in [0.3, 0.4) is 0 Å². The third-order valence-electron chi connectivity index (χ3n) is 6.26. The van der Waals surface area contributed by atoms with Gasteiger partial charge in [-0.2, -0.15) is 0 Å². The van der Waals surface area contributed by atoms with Crippen molar-refractivity contribution in [1.29, 1.82) is 0 Å². The number of anilines is 2. The summed E-state index contributed by atoms with van der Waals surface area (Å²) < 4.78 is 1.28. The van der Waals surface area contributed by atoms with Crippen molar-refractivity contribution >= 4 is 35.5 Å². The Hall–Kier alpha value is -4.05. The number of likely N-dealkylation sites (N-methyl/N-ethyl adjacent to an activating group) is 1. The van der Waals surface area contributed by atoms with Gasteiger partial charge in [0.05, 0.1) is 11.4 Å². The summed E-state index contributed by atoms with van der Waals surface area (Å²) in [7, 11) is 5.41. The van der Waals surface area contributed by atoms with Gasteiger partial charge in [-0.05, 0) is 18.6 Å². The SMILES string of the molecule is CC.Cc1ccc(Cc2cnc(-c3nc4c(N5CCN(C)C5=O)cc(N(C)C)cn4c(=O)c3O)[nH]2)cc1.Cl.[HH]. The summed E-state index contributed by atoms with van der Waals surface area (Å²) in [5.41, 5.74) is 3.99. The van der Waals surface area contributed by atoms with Gasteiger partial charge in [-0.3, -0.25) is 14.1 Å². The predicted molar refractivity (Wildman–Crippen MR) is 155 cm³/mol. The lowest BCUT2D eigenvalue weighted by atomic mass is 10.1. The van der Waals surface area contributed by atoms with Crippen molar-refractivity contribution < 1.29 is 11.3 Å². The predicted octanol–water partition coefficient (Wildman–Crippen LogP) is 4.32. The summed E-state index contributed by atoms with van der Waals surface area (Å²) in [6.07, 6.45) is 3.90. The molecule has 204 valence electrons. The molecule has 3 aromatic heterocycles. The average Bonchev–Trinajstić information content (AvgIpc) is 3.49. The highest BCUT2D eigenvalue weighted by atomic mass is 35.5. The van der Waals surface area contributed by atoms with Gasteiger partial charge in [0.1, 0.15) is 0 Å². The molecular weight excluding hydrogens is 506 g/mol. The Morgan fingerprint density at radius 2 is 1.82 bits per heavy atom. The highest BCUT2D eigenvalue weighted by molar-refractivity contribution is 5.98. The Bertz CT molecular complexity index is 1500. The maximum atomic E-state index is 13.2. The standard InChI is InChI=1S/C25H27N7O3.C2H6.ClH.H2/c1-15-5-7-16(8-6-15)11-17-13-26-22(27-17)20-21(33)24(34)32-14-18(29(2)3)12-19(23(32)28-20)31-10-9-30(4)25(31)35;1-2;;/h5-8,12-14,33H,9-11H2,1-4H3,(H,26,27);1-2H3;2*1H. The highest BCUT2D eigenvalue weighted by Gasteiger charge is 2.30. The lowest BCUT2D eigenvalue weighted by Crippen LogP contribution is -2.31. The summed E-state index contributed by atoms with van der Waals surface area (Å²) in [5, 5.41) is 10.8. The third kappa shape index (κ3) is 5.31. The molecule has 11 heteroatoms. The van der Waals surface area contributed by atoms with Crippen LogP contribution in [0.4, 0.5) is 16.2 Å². The van der Waals surface area contributed by atoms with Gasteiger partial charge in [0.15, 0.2) is 17.2 Å². The number of aryl methyl sites for hydroxylation is 1. The molecule has 1 aliphatic rings. The second-order valence-corrected chi connectivity index (χ2v) is 9.06. The zero-order valence-corrected chi connectivity index (χ0v) is 23.3. The van der Waals surface area contributed by atoms with E-state index < -0.39 is 11.3 Å². The monoisotopic (exact) mass is 541 g/mol. The molecule has 0 unspecified atom stereocenters. The first kappa shape index (κ1) is 28.5. The number of halogens is 1. The smallest absolute Gasteiger partial charge is 0.324 e. The highest BCUT2D eigenvalue weighted by Crippen LogP contribution is 2.31. The van der Waals surface area contributed by atoms with Crippen LogP contribution in [-0.4, -0.2) is 69.6 Å². The molecule has 1 aliphatic heterocycles. The van der Waals surface area contributed by atoms with Crippen LogP contribution in [-0.2, 0) is 6.42 Å². The van der Waals surface area contributed by atoms with Gasteiger partial charge >= 0.3 is 11.6 Å². The molecule has 1 fully saturated rings. The molecule has 1 saturated heterocycles. The van der Waals surface area contributed by atoms with Crippen molar-refractivity contribution in [2.24, 2.45) is 0 Å². The van der Waals surface area contributed by atoms with Crippen LogP contribution in [0.1, 0.15) is 32.1 Å². The fourth-order valence-corrected chi connectivity index (χ4v) is 4.17. The lowest BCUT2D eigenvalue weighted by molar-refractivity contribution is 0.229. The van der Waals surface area contributed by atoms with E-state index in [0.717, 1.165) is 11.3 Å². The third-order valence-corrected chi connectivity index (χ3v) is 6.26. The van der Waals surface area contributed by atoms with Crippen LogP contribution < -0.4 is 15.4 Å². The summed E-state index contributed by atoms with van der Waals surface area (Å²) >= 11 is 0. The van der Waals surface area contributed by atoms with Gasteiger partial charge in [0.2, 0.25) is 5.75 Å². The number of carbonyl (C=O) groups is 1. The summed E-state index contributed by atoms with van der Waals surface area (Å²) in [6, 6.07) is 9.84. The van der Waals surface area contributed by atoms with Crippen LogP contribution in [0, 0.1) is 6.92 Å². The number of rotatable bonds is 5. The molecule has 0 saturated carbocycles. The topological polar surface area (TPSA) is 110 Å². The largest absolute Gasteiger partial charge is 0.501 e. The van der Waals surface area contributed by atoms with Gasteiger partial charge in [-0.1, -0.05) is 43.7 Å². The number of aromatic hydroxyl groups is 1. The van der Waals surface area contributed by atoms with Crippen LogP contribution in [0.25, 0.3) is 17.2 Å². The number of pyridine rings is 1.